The van der Waals surface area contributed by atoms with Crippen LogP contribution in [0.2, 0.25) is 0 Å². The van der Waals surface area contributed by atoms with E-state index in [4.69, 9.17) is 0 Å². The second kappa shape index (κ2) is 6.87. The zero-order valence-electron chi connectivity index (χ0n) is 12.4. The Morgan fingerprint density at radius 1 is 1.42 bits per heavy atom. The molecule has 0 bridgehead atoms. The van der Waals surface area contributed by atoms with Gasteiger partial charge in [0.05, 0.1) is 0 Å². The average molecular weight is 262 g/mol. The minimum Gasteiger partial charge on any atom is -0.358 e. The fourth-order valence-electron chi connectivity index (χ4n) is 2.63. The van der Waals surface area contributed by atoms with Crippen LogP contribution in [-0.4, -0.2) is 50.2 Å². The van der Waals surface area contributed by atoms with E-state index >= 15 is 0 Å². The SMILES string of the molecule is CNC(C)c1cccnc1N(C)CCN1CCCC1. The molecule has 0 spiro atoms. The number of rotatable bonds is 6. The number of likely N-dealkylation sites (N-methyl/N-ethyl adjacent to an activating group) is 1. The summed E-state index contributed by atoms with van der Waals surface area (Å²) in [5.74, 6) is 1.10. The molecule has 1 fully saturated rings. The van der Waals surface area contributed by atoms with E-state index in [-0.39, 0.29) is 0 Å². The van der Waals surface area contributed by atoms with Crippen molar-refractivity contribution in [1.29, 1.82) is 0 Å². The summed E-state index contributed by atoms with van der Waals surface area (Å²) in [6, 6.07) is 4.51. The lowest BCUT2D eigenvalue weighted by atomic mass is 10.1. The van der Waals surface area contributed by atoms with Gasteiger partial charge in [-0.25, -0.2) is 4.98 Å². The molecule has 0 saturated carbocycles. The Morgan fingerprint density at radius 3 is 2.84 bits per heavy atom. The molecule has 1 saturated heterocycles. The summed E-state index contributed by atoms with van der Waals surface area (Å²) >= 11 is 0. The highest BCUT2D eigenvalue weighted by atomic mass is 15.2. The predicted molar refractivity (Wildman–Crippen MR) is 80.7 cm³/mol. The van der Waals surface area contributed by atoms with E-state index in [2.05, 4.69) is 40.1 Å². The van der Waals surface area contributed by atoms with Gasteiger partial charge in [-0.3, -0.25) is 0 Å². The van der Waals surface area contributed by atoms with Gasteiger partial charge >= 0.3 is 0 Å². The second-order valence-electron chi connectivity index (χ2n) is 5.40. The van der Waals surface area contributed by atoms with Gasteiger partial charge in [0, 0.05) is 37.9 Å². The maximum atomic E-state index is 4.56. The number of likely N-dealkylation sites (tertiary alicyclic amines) is 1. The van der Waals surface area contributed by atoms with Gasteiger partial charge in [-0.2, -0.15) is 0 Å². The highest BCUT2D eigenvalue weighted by Gasteiger charge is 2.15. The third-order valence-corrected chi connectivity index (χ3v) is 4.03. The monoisotopic (exact) mass is 262 g/mol. The number of hydrogen-bond acceptors (Lipinski definition) is 4. The van der Waals surface area contributed by atoms with Gasteiger partial charge in [0.15, 0.2) is 0 Å². The molecule has 1 atom stereocenters. The van der Waals surface area contributed by atoms with E-state index in [9.17, 15) is 0 Å². The van der Waals surface area contributed by atoms with Crippen molar-refractivity contribution in [1.82, 2.24) is 15.2 Å². The van der Waals surface area contributed by atoms with Gasteiger partial charge in [-0.1, -0.05) is 6.07 Å². The van der Waals surface area contributed by atoms with Crippen molar-refractivity contribution in [3.05, 3.63) is 23.9 Å². The summed E-state index contributed by atoms with van der Waals surface area (Å²) in [6.07, 6.45) is 4.60. The fraction of sp³-hybridized carbons (Fsp3) is 0.667. The number of pyridine rings is 1. The third-order valence-electron chi connectivity index (χ3n) is 4.03. The standard InChI is InChI=1S/C15H26N4/c1-13(16-2)14-7-6-8-17-15(14)18(3)11-12-19-9-4-5-10-19/h6-8,13,16H,4-5,9-12H2,1-3H3. The van der Waals surface area contributed by atoms with Gasteiger partial charge in [0.2, 0.25) is 0 Å². The molecular formula is C15H26N4. The maximum Gasteiger partial charge on any atom is 0.133 e. The van der Waals surface area contributed by atoms with E-state index in [0.29, 0.717) is 6.04 Å². The normalized spacial score (nSPS) is 17.6. The zero-order valence-corrected chi connectivity index (χ0v) is 12.4. The summed E-state index contributed by atoms with van der Waals surface area (Å²) in [5, 5.41) is 3.30. The molecule has 0 aliphatic carbocycles. The zero-order chi connectivity index (χ0) is 13.7. The van der Waals surface area contributed by atoms with Crippen LogP contribution in [0.25, 0.3) is 0 Å². The van der Waals surface area contributed by atoms with Crippen molar-refractivity contribution in [3.8, 4) is 0 Å². The molecule has 4 nitrogen and oxygen atoms in total. The van der Waals surface area contributed by atoms with Crippen molar-refractivity contribution in [2.45, 2.75) is 25.8 Å². The lowest BCUT2D eigenvalue weighted by molar-refractivity contribution is 0.346. The Balaban J connectivity index is 1.99. The first-order valence-electron chi connectivity index (χ1n) is 7.28. The largest absolute Gasteiger partial charge is 0.358 e. The van der Waals surface area contributed by atoms with Crippen LogP contribution >= 0.6 is 0 Å². The van der Waals surface area contributed by atoms with Crippen LogP contribution in [0.5, 0.6) is 0 Å². The Bertz CT molecular complexity index is 387. The molecule has 1 N–H and O–H groups in total. The number of nitrogens with zero attached hydrogens (tertiary/aromatic N) is 3. The second-order valence-corrected chi connectivity index (χ2v) is 5.40. The Hall–Kier alpha value is -1.13. The van der Waals surface area contributed by atoms with E-state index in [0.717, 1.165) is 18.9 Å². The fourth-order valence-corrected chi connectivity index (χ4v) is 2.63. The summed E-state index contributed by atoms with van der Waals surface area (Å²) in [5.41, 5.74) is 1.27. The molecule has 4 heteroatoms. The summed E-state index contributed by atoms with van der Waals surface area (Å²) in [4.78, 5) is 9.38. The first kappa shape index (κ1) is 14.3. The molecule has 0 amide bonds. The first-order chi connectivity index (χ1) is 9.22. The van der Waals surface area contributed by atoms with E-state index in [1.54, 1.807) is 0 Å². The first-order valence-corrected chi connectivity index (χ1v) is 7.28. The van der Waals surface area contributed by atoms with Crippen molar-refractivity contribution >= 4 is 5.82 Å². The molecule has 0 radical (unpaired) electrons. The highest BCUT2D eigenvalue weighted by Crippen LogP contribution is 2.22. The van der Waals surface area contributed by atoms with Gasteiger partial charge < -0.3 is 15.1 Å². The molecule has 1 unspecified atom stereocenters. The molecule has 1 aliphatic heterocycles. The Morgan fingerprint density at radius 2 is 2.16 bits per heavy atom. The molecular weight excluding hydrogens is 236 g/mol. The summed E-state index contributed by atoms with van der Waals surface area (Å²) < 4.78 is 0. The number of anilines is 1. The number of aromatic nitrogens is 1. The van der Waals surface area contributed by atoms with E-state index in [1.807, 2.05) is 19.3 Å². The van der Waals surface area contributed by atoms with Crippen LogP contribution in [0.3, 0.4) is 0 Å². The van der Waals surface area contributed by atoms with Crippen LogP contribution in [0, 0.1) is 0 Å². The predicted octanol–water partition coefficient (Wildman–Crippen LogP) is 1.89. The lowest BCUT2D eigenvalue weighted by Crippen LogP contribution is -2.32. The van der Waals surface area contributed by atoms with Crippen LogP contribution in [0.4, 0.5) is 5.82 Å². The van der Waals surface area contributed by atoms with Crippen molar-refractivity contribution in [2.75, 3.05) is 45.2 Å². The van der Waals surface area contributed by atoms with Crippen molar-refractivity contribution < 1.29 is 0 Å². The van der Waals surface area contributed by atoms with Gasteiger partial charge in [-0.05, 0) is 46.0 Å². The quantitative estimate of drug-likeness (QED) is 0.848. The molecule has 106 valence electrons. The van der Waals surface area contributed by atoms with Crippen LogP contribution in [0.1, 0.15) is 31.4 Å². The van der Waals surface area contributed by atoms with Gasteiger partial charge in [-0.15, -0.1) is 0 Å². The van der Waals surface area contributed by atoms with E-state index < -0.39 is 0 Å². The number of hydrogen-bond donors (Lipinski definition) is 1. The molecule has 1 aromatic heterocycles. The summed E-state index contributed by atoms with van der Waals surface area (Å²) in [7, 11) is 4.13. The molecule has 2 heterocycles. The lowest BCUT2D eigenvalue weighted by Gasteiger charge is -2.25. The third kappa shape index (κ3) is 3.67. The average Bonchev–Trinajstić information content (AvgIpc) is 2.97. The van der Waals surface area contributed by atoms with E-state index in [1.165, 1.54) is 31.5 Å². The minimum absolute atomic E-state index is 0.331. The molecule has 19 heavy (non-hydrogen) atoms. The Kier molecular flexibility index (Phi) is 5.16. The number of nitrogens with one attached hydrogen (secondary N) is 1. The van der Waals surface area contributed by atoms with Gasteiger partial charge in [0.25, 0.3) is 0 Å². The van der Waals surface area contributed by atoms with Crippen molar-refractivity contribution in [2.24, 2.45) is 0 Å². The summed E-state index contributed by atoms with van der Waals surface area (Å²) in [6.45, 7) is 6.88. The maximum absolute atomic E-state index is 4.56. The van der Waals surface area contributed by atoms with Crippen LogP contribution in [-0.2, 0) is 0 Å². The minimum atomic E-state index is 0.331. The van der Waals surface area contributed by atoms with Crippen LogP contribution in [0.15, 0.2) is 18.3 Å². The molecule has 2 rings (SSSR count). The van der Waals surface area contributed by atoms with Crippen LogP contribution < -0.4 is 10.2 Å². The van der Waals surface area contributed by atoms with Crippen molar-refractivity contribution in [3.63, 3.8) is 0 Å². The smallest absolute Gasteiger partial charge is 0.133 e. The topological polar surface area (TPSA) is 31.4 Å². The highest BCUT2D eigenvalue weighted by molar-refractivity contribution is 5.47. The van der Waals surface area contributed by atoms with Gasteiger partial charge in [0.1, 0.15) is 5.82 Å². The molecule has 1 aromatic rings. The molecule has 1 aliphatic rings. The Labute approximate surface area is 116 Å². The molecule has 0 aromatic carbocycles.